The summed E-state index contributed by atoms with van der Waals surface area (Å²) in [6.07, 6.45) is 5.80. The number of hydrogen-bond donors (Lipinski definition) is 1. The van der Waals surface area contributed by atoms with Crippen LogP contribution in [-0.4, -0.2) is 17.7 Å². The molecule has 1 aromatic carbocycles. The predicted octanol–water partition coefficient (Wildman–Crippen LogP) is 4.81. The summed E-state index contributed by atoms with van der Waals surface area (Å²) in [6, 6.07) is 8.52. The molecule has 28 heavy (non-hydrogen) atoms. The van der Waals surface area contributed by atoms with Gasteiger partial charge in [0.25, 0.3) is 0 Å². The van der Waals surface area contributed by atoms with Gasteiger partial charge in [0, 0.05) is 29.9 Å². The second-order valence-corrected chi connectivity index (χ2v) is 7.83. The second kappa shape index (κ2) is 8.05. The Hall–Kier alpha value is -2.82. The highest BCUT2D eigenvalue weighted by atomic mass is 16.5. The van der Waals surface area contributed by atoms with Crippen molar-refractivity contribution in [1.82, 2.24) is 0 Å². The Bertz CT molecular complexity index is 970. The molecule has 1 aliphatic rings. The van der Waals surface area contributed by atoms with E-state index in [-0.39, 0.29) is 23.7 Å². The van der Waals surface area contributed by atoms with E-state index in [0.717, 1.165) is 17.4 Å². The minimum absolute atomic E-state index is 0.0563. The fourth-order valence-electron chi connectivity index (χ4n) is 4.19. The summed E-state index contributed by atoms with van der Waals surface area (Å²) in [5, 5.41) is 10.0. The monoisotopic (exact) mass is 382 g/mol. The highest BCUT2D eigenvalue weighted by molar-refractivity contribution is 5.77. The Kier molecular flexibility index (Phi) is 5.73. The summed E-state index contributed by atoms with van der Waals surface area (Å²) in [5.41, 5.74) is 0.903. The fourth-order valence-corrected chi connectivity index (χ4v) is 4.19. The number of aliphatic carboxylic acids is 1. The molecule has 1 aromatic heterocycles. The zero-order valence-electron chi connectivity index (χ0n) is 16.3. The Labute approximate surface area is 164 Å². The molecular weight excluding hydrogens is 356 g/mol. The van der Waals surface area contributed by atoms with Gasteiger partial charge in [0.05, 0.1) is 6.61 Å². The summed E-state index contributed by atoms with van der Waals surface area (Å²) in [6.45, 7) is 8.69. The van der Waals surface area contributed by atoms with E-state index in [0.29, 0.717) is 24.4 Å². The average molecular weight is 382 g/mol. The first-order valence-electron chi connectivity index (χ1n) is 9.50. The first-order valence-corrected chi connectivity index (χ1v) is 9.50. The quantitative estimate of drug-likeness (QED) is 0.549. The van der Waals surface area contributed by atoms with E-state index in [1.54, 1.807) is 12.1 Å². The van der Waals surface area contributed by atoms with Crippen molar-refractivity contribution in [2.24, 2.45) is 17.3 Å². The molecule has 1 heterocycles. The molecule has 148 valence electrons. The van der Waals surface area contributed by atoms with E-state index >= 15 is 0 Å². The maximum atomic E-state index is 11.4. The molecule has 3 rings (SSSR count). The van der Waals surface area contributed by atoms with Gasteiger partial charge >= 0.3 is 11.6 Å². The van der Waals surface area contributed by atoms with Crippen LogP contribution in [0, 0.1) is 17.3 Å². The van der Waals surface area contributed by atoms with Crippen molar-refractivity contribution in [3.63, 3.8) is 0 Å². The summed E-state index contributed by atoms with van der Waals surface area (Å²) in [4.78, 5) is 22.6. The third-order valence-electron chi connectivity index (χ3n) is 5.88. The molecular formula is C23H26O5. The van der Waals surface area contributed by atoms with Crippen LogP contribution in [0.5, 0.6) is 5.75 Å². The lowest BCUT2D eigenvalue weighted by molar-refractivity contribution is -0.138. The molecule has 0 radical (unpaired) electrons. The Morgan fingerprint density at radius 3 is 2.82 bits per heavy atom. The number of benzene rings is 1. The molecule has 3 unspecified atom stereocenters. The first kappa shape index (κ1) is 19.9. The van der Waals surface area contributed by atoms with Gasteiger partial charge in [0.2, 0.25) is 0 Å². The summed E-state index contributed by atoms with van der Waals surface area (Å²) >= 11 is 0. The number of carboxylic acid groups (broad SMARTS) is 1. The van der Waals surface area contributed by atoms with Gasteiger partial charge in [-0.15, -0.1) is 0 Å². The lowest BCUT2D eigenvalue weighted by atomic mass is 9.60. The lowest BCUT2D eigenvalue weighted by Crippen LogP contribution is -2.40. The summed E-state index contributed by atoms with van der Waals surface area (Å²) in [7, 11) is 0. The molecule has 0 bridgehead atoms. The van der Waals surface area contributed by atoms with Crippen LogP contribution in [0.3, 0.4) is 0 Å². The molecule has 0 amide bonds. The number of carboxylic acids is 1. The molecule has 0 fully saturated rings. The minimum Gasteiger partial charge on any atom is -0.493 e. The molecule has 1 N–H and O–H groups in total. The van der Waals surface area contributed by atoms with Crippen molar-refractivity contribution in [2.75, 3.05) is 6.61 Å². The van der Waals surface area contributed by atoms with Gasteiger partial charge in [-0.2, -0.15) is 0 Å². The maximum absolute atomic E-state index is 11.4. The zero-order valence-corrected chi connectivity index (χ0v) is 16.3. The number of hydrogen-bond acceptors (Lipinski definition) is 4. The van der Waals surface area contributed by atoms with E-state index in [1.807, 2.05) is 19.1 Å². The van der Waals surface area contributed by atoms with Crippen molar-refractivity contribution in [2.45, 2.75) is 33.1 Å². The zero-order chi connectivity index (χ0) is 20.3. The molecule has 5 nitrogen and oxygen atoms in total. The molecule has 1 aliphatic carbocycles. The molecule has 0 saturated heterocycles. The van der Waals surface area contributed by atoms with Gasteiger partial charge in [0.1, 0.15) is 11.3 Å². The van der Waals surface area contributed by atoms with Gasteiger partial charge < -0.3 is 14.3 Å². The smallest absolute Gasteiger partial charge is 0.336 e. The molecule has 5 heteroatoms. The van der Waals surface area contributed by atoms with E-state index in [1.165, 1.54) is 6.07 Å². The van der Waals surface area contributed by atoms with Crippen LogP contribution in [-0.2, 0) is 4.79 Å². The van der Waals surface area contributed by atoms with Gasteiger partial charge in [-0.1, -0.05) is 31.2 Å². The minimum atomic E-state index is -0.791. The van der Waals surface area contributed by atoms with Crippen molar-refractivity contribution in [1.29, 1.82) is 0 Å². The SMILES string of the molecule is C=C(C)C1CC=CC(COc2ccc3ccc(=O)oc3c2)C1(C)CCC(=O)O. The number of allylic oxidation sites excluding steroid dienone is 2. The fraction of sp³-hybridized carbons (Fsp3) is 0.391. The van der Waals surface area contributed by atoms with Crippen molar-refractivity contribution < 1.29 is 19.1 Å². The standard InChI is InChI=1S/C23H26O5/c1-15(2)19-6-4-5-17(23(19,3)12-11-21(24)25)14-27-18-9-7-16-8-10-22(26)28-20(16)13-18/h4-5,7-10,13,17,19H,1,6,11-12,14H2,2-3H3,(H,24,25). The van der Waals surface area contributed by atoms with Crippen molar-refractivity contribution >= 4 is 16.9 Å². The van der Waals surface area contributed by atoms with E-state index in [9.17, 15) is 14.7 Å². The molecule has 2 aromatic rings. The number of fused-ring (bicyclic) bond motifs is 1. The number of carbonyl (C=O) groups is 1. The van der Waals surface area contributed by atoms with Crippen molar-refractivity contribution in [3.05, 3.63) is 65.1 Å². The predicted molar refractivity (Wildman–Crippen MR) is 109 cm³/mol. The second-order valence-electron chi connectivity index (χ2n) is 7.83. The van der Waals surface area contributed by atoms with Gasteiger partial charge in [-0.3, -0.25) is 4.79 Å². The molecule has 3 atom stereocenters. The highest BCUT2D eigenvalue weighted by Gasteiger charge is 2.42. The maximum Gasteiger partial charge on any atom is 0.336 e. The topological polar surface area (TPSA) is 76.7 Å². The third kappa shape index (κ3) is 4.19. The summed E-state index contributed by atoms with van der Waals surface area (Å²) in [5.74, 6) is 0.0922. The summed E-state index contributed by atoms with van der Waals surface area (Å²) < 4.78 is 11.3. The Morgan fingerprint density at radius 2 is 2.11 bits per heavy atom. The molecule has 0 saturated carbocycles. The van der Waals surface area contributed by atoms with E-state index < -0.39 is 11.6 Å². The lowest BCUT2D eigenvalue weighted by Gasteiger charge is -2.45. The van der Waals surface area contributed by atoms with Gasteiger partial charge in [-0.05, 0) is 49.3 Å². The van der Waals surface area contributed by atoms with E-state index in [2.05, 4.69) is 25.7 Å². The Balaban J connectivity index is 1.81. The third-order valence-corrected chi connectivity index (χ3v) is 5.88. The molecule has 0 spiro atoms. The van der Waals surface area contributed by atoms with Crippen LogP contribution in [0.1, 0.15) is 33.1 Å². The normalized spacial score (nSPS) is 24.2. The molecule has 0 aliphatic heterocycles. The van der Waals surface area contributed by atoms with Crippen LogP contribution in [0.2, 0.25) is 0 Å². The van der Waals surface area contributed by atoms with Gasteiger partial charge in [0.15, 0.2) is 0 Å². The van der Waals surface area contributed by atoms with Crippen LogP contribution in [0.15, 0.2) is 63.8 Å². The number of rotatable bonds is 7. The van der Waals surface area contributed by atoms with Crippen LogP contribution >= 0.6 is 0 Å². The average Bonchev–Trinajstić information content (AvgIpc) is 2.65. The Morgan fingerprint density at radius 1 is 1.36 bits per heavy atom. The number of ether oxygens (including phenoxy) is 1. The highest BCUT2D eigenvalue weighted by Crippen LogP contribution is 2.48. The largest absolute Gasteiger partial charge is 0.493 e. The first-order chi connectivity index (χ1) is 13.3. The van der Waals surface area contributed by atoms with Gasteiger partial charge in [-0.25, -0.2) is 4.79 Å². The van der Waals surface area contributed by atoms with Crippen LogP contribution in [0.4, 0.5) is 0 Å². The van der Waals surface area contributed by atoms with Crippen LogP contribution < -0.4 is 10.4 Å². The van der Waals surface area contributed by atoms with Crippen LogP contribution in [0.25, 0.3) is 11.0 Å². The van der Waals surface area contributed by atoms with E-state index in [4.69, 9.17) is 9.15 Å². The van der Waals surface area contributed by atoms with Crippen molar-refractivity contribution in [3.8, 4) is 5.75 Å².